The highest BCUT2D eigenvalue weighted by Gasteiger charge is 2.31. The summed E-state index contributed by atoms with van der Waals surface area (Å²) >= 11 is 0. The van der Waals surface area contributed by atoms with Crippen molar-refractivity contribution in [1.82, 2.24) is 0 Å². The van der Waals surface area contributed by atoms with Gasteiger partial charge in [-0.25, -0.2) is 8.42 Å². The van der Waals surface area contributed by atoms with E-state index in [1.54, 1.807) is 0 Å². The van der Waals surface area contributed by atoms with Crippen LogP contribution in [-0.4, -0.2) is 39.2 Å². The van der Waals surface area contributed by atoms with Crippen LogP contribution in [0.15, 0.2) is 0 Å². The molecule has 2 N–H and O–H groups in total. The zero-order valence-electron chi connectivity index (χ0n) is 10.2. The van der Waals surface area contributed by atoms with Gasteiger partial charge in [-0.15, -0.1) is 0 Å². The highest BCUT2D eigenvalue weighted by atomic mass is 32.2. The van der Waals surface area contributed by atoms with Gasteiger partial charge >= 0.3 is 0 Å². The van der Waals surface area contributed by atoms with E-state index in [0.29, 0.717) is 24.7 Å². The zero-order valence-corrected chi connectivity index (χ0v) is 11.0. The summed E-state index contributed by atoms with van der Waals surface area (Å²) in [4.78, 5) is 0. The van der Waals surface area contributed by atoms with Crippen LogP contribution in [0.5, 0.6) is 0 Å². The third-order valence-corrected chi connectivity index (χ3v) is 4.71. The molecule has 5 heteroatoms. The predicted octanol–water partition coefficient (Wildman–Crippen LogP) is 0.811. The Bertz CT molecular complexity index is 300. The van der Waals surface area contributed by atoms with Crippen LogP contribution in [0.2, 0.25) is 0 Å². The average molecular weight is 249 g/mol. The van der Waals surface area contributed by atoms with Crippen molar-refractivity contribution in [1.29, 1.82) is 0 Å². The van der Waals surface area contributed by atoms with E-state index in [9.17, 15) is 8.42 Å². The molecule has 0 aromatic rings. The van der Waals surface area contributed by atoms with Crippen molar-refractivity contribution in [2.24, 2.45) is 17.6 Å². The Kier molecular flexibility index (Phi) is 5.21. The fourth-order valence-corrected chi connectivity index (χ4v) is 3.83. The normalized spacial score (nSPS) is 26.1. The van der Waals surface area contributed by atoms with Gasteiger partial charge in [-0.3, -0.25) is 0 Å². The fourth-order valence-electron chi connectivity index (χ4n) is 1.94. The van der Waals surface area contributed by atoms with E-state index >= 15 is 0 Å². The second kappa shape index (κ2) is 5.98. The van der Waals surface area contributed by atoms with Gasteiger partial charge in [-0.2, -0.15) is 0 Å². The summed E-state index contributed by atoms with van der Waals surface area (Å²) in [6, 6.07) is -0.0376. The van der Waals surface area contributed by atoms with E-state index in [0.717, 1.165) is 13.0 Å². The lowest BCUT2D eigenvalue weighted by Gasteiger charge is -2.17. The number of hydrogen-bond acceptors (Lipinski definition) is 4. The van der Waals surface area contributed by atoms with Gasteiger partial charge in [-0.1, -0.05) is 13.8 Å². The van der Waals surface area contributed by atoms with Crippen LogP contribution in [-0.2, 0) is 14.6 Å². The van der Waals surface area contributed by atoms with E-state index in [-0.39, 0.29) is 17.7 Å². The molecule has 1 aliphatic rings. The van der Waals surface area contributed by atoms with Crippen LogP contribution in [0.1, 0.15) is 26.7 Å². The Labute approximate surface area is 98.5 Å². The number of hydrogen-bond donors (Lipinski definition) is 1. The molecule has 0 bridgehead atoms. The summed E-state index contributed by atoms with van der Waals surface area (Å²) in [5.41, 5.74) is 5.97. The summed E-state index contributed by atoms with van der Waals surface area (Å²) in [6.07, 6.45) is 1.47. The Morgan fingerprint density at radius 2 is 2.12 bits per heavy atom. The molecular weight excluding hydrogens is 226 g/mol. The van der Waals surface area contributed by atoms with Gasteiger partial charge in [0.1, 0.15) is 0 Å². The lowest BCUT2D eigenvalue weighted by atomic mass is 9.98. The summed E-state index contributed by atoms with van der Waals surface area (Å²) in [7, 11) is -2.81. The zero-order chi connectivity index (χ0) is 12.2. The van der Waals surface area contributed by atoms with Crippen LogP contribution >= 0.6 is 0 Å². The van der Waals surface area contributed by atoms with Crippen molar-refractivity contribution < 1.29 is 13.2 Å². The topological polar surface area (TPSA) is 69.4 Å². The molecule has 0 aromatic heterocycles. The molecule has 16 heavy (non-hydrogen) atoms. The van der Waals surface area contributed by atoms with Gasteiger partial charge in [0.25, 0.3) is 0 Å². The van der Waals surface area contributed by atoms with Gasteiger partial charge in [0.2, 0.25) is 0 Å². The Hall–Kier alpha value is -0.130. The Morgan fingerprint density at radius 3 is 2.62 bits per heavy atom. The highest BCUT2D eigenvalue weighted by molar-refractivity contribution is 7.91. The molecule has 1 rings (SSSR count). The minimum Gasteiger partial charge on any atom is -0.381 e. The molecule has 0 saturated carbocycles. The third-order valence-electron chi connectivity index (χ3n) is 2.92. The third kappa shape index (κ3) is 4.80. The number of rotatable bonds is 6. The van der Waals surface area contributed by atoms with Crippen molar-refractivity contribution in [2.75, 3.05) is 24.7 Å². The molecule has 0 aliphatic carbocycles. The first-order valence-corrected chi connectivity index (χ1v) is 7.76. The molecule has 0 aromatic carbocycles. The average Bonchev–Trinajstić information content (AvgIpc) is 2.53. The molecule has 1 aliphatic heterocycles. The number of nitrogens with two attached hydrogens (primary N) is 1. The molecule has 2 atom stereocenters. The Morgan fingerprint density at radius 1 is 1.44 bits per heavy atom. The van der Waals surface area contributed by atoms with Crippen LogP contribution < -0.4 is 5.73 Å². The van der Waals surface area contributed by atoms with Gasteiger partial charge < -0.3 is 10.5 Å². The van der Waals surface area contributed by atoms with E-state index in [1.165, 1.54) is 0 Å². The molecule has 1 saturated heterocycles. The van der Waals surface area contributed by atoms with E-state index in [2.05, 4.69) is 13.8 Å². The molecule has 1 heterocycles. The molecule has 0 spiro atoms. The van der Waals surface area contributed by atoms with Gasteiger partial charge in [-0.05, 0) is 24.7 Å². The van der Waals surface area contributed by atoms with Crippen LogP contribution in [0.4, 0.5) is 0 Å². The van der Waals surface area contributed by atoms with Crippen molar-refractivity contribution in [3.05, 3.63) is 0 Å². The van der Waals surface area contributed by atoms with Crippen LogP contribution in [0.3, 0.4) is 0 Å². The van der Waals surface area contributed by atoms with Crippen molar-refractivity contribution >= 4 is 9.84 Å². The second-order valence-electron chi connectivity index (χ2n) is 5.08. The highest BCUT2D eigenvalue weighted by Crippen LogP contribution is 2.22. The molecule has 1 fully saturated rings. The first kappa shape index (κ1) is 13.9. The summed E-state index contributed by atoms with van der Waals surface area (Å²) in [5, 5.41) is 0. The largest absolute Gasteiger partial charge is 0.381 e. The fraction of sp³-hybridized carbons (Fsp3) is 1.00. The molecule has 0 amide bonds. The Balaban J connectivity index is 2.18. The molecule has 96 valence electrons. The first-order chi connectivity index (χ1) is 7.41. The first-order valence-electron chi connectivity index (χ1n) is 5.94. The van der Waals surface area contributed by atoms with E-state index < -0.39 is 9.84 Å². The second-order valence-corrected chi connectivity index (χ2v) is 7.31. The van der Waals surface area contributed by atoms with Crippen molar-refractivity contribution in [3.63, 3.8) is 0 Å². The SMILES string of the molecule is CC(C)COCCC(N)C1CCS(=O)(=O)C1. The number of sulfone groups is 1. The minimum atomic E-state index is -2.81. The van der Waals surface area contributed by atoms with Gasteiger partial charge in [0.15, 0.2) is 9.84 Å². The van der Waals surface area contributed by atoms with Crippen molar-refractivity contribution in [2.45, 2.75) is 32.7 Å². The van der Waals surface area contributed by atoms with Gasteiger partial charge in [0, 0.05) is 19.3 Å². The van der Waals surface area contributed by atoms with Crippen LogP contribution in [0.25, 0.3) is 0 Å². The van der Waals surface area contributed by atoms with Gasteiger partial charge in [0.05, 0.1) is 11.5 Å². The lowest BCUT2D eigenvalue weighted by molar-refractivity contribution is 0.100. The predicted molar refractivity (Wildman–Crippen MR) is 65.0 cm³/mol. The summed E-state index contributed by atoms with van der Waals surface area (Å²) < 4.78 is 28.0. The summed E-state index contributed by atoms with van der Waals surface area (Å²) in [5.74, 6) is 1.23. The van der Waals surface area contributed by atoms with E-state index in [4.69, 9.17) is 10.5 Å². The maximum Gasteiger partial charge on any atom is 0.150 e. The smallest absolute Gasteiger partial charge is 0.150 e. The molecular formula is C11H23NO3S. The minimum absolute atomic E-state index is 0.0376. The standard InChI is InChI=1S/C11H23NO3S/c1-9(2)7-15-5-3-11(12)10-4-6-16(13,14)8-10/h9-11H,3-8,12H2,1-2H3. The lowest BCUT2D eigenvalue weighted by Crippen LogP contribution is -2.32. The quantitative estimate of drug-likeness (QED) is 0.707. The van der Waals surface area contributed by atoms with E-state index in [1.807, 2.05) is 0 Å². The summed E-state index contributed by atoms with van der Waals surface area (Å²) in [6.45, 7) is 5.58. The van der Waals surface area contributed by atoms with Crippen LogP contribution in [0, 0.1) is 11.8 Å². The maximum atomic E-state index is 11.3. The maximum absolute atomic E-state index is 11.3. The molecule has 2 unspecified atom stereocenters. The molecule has 4 nitrogen and oxygen atoms in total. The monoisotopic (exact) mass is 249 g/mol. The molecule has 0 radical (unpaired) electrons. The van der Waals surface area contributed by atoms with Crippen molar-refractivity contribution in [3.8, 4) is 0 Å². The number of ether oxygens (including phenoxy) is 1.